The van der Waals surface area contributed by atoms with Crippen molar-refractivity contribution < 1.29 is 4.74 Å². The topological polar surface area (TPSA) is 84.8 Å². The molecule has 0 radical (unpaired) electrons. The second-order valence-electron chi connectivity index (χ2n) is 6.69. The molecule has 1 atom stereocenters. The molecule has 0 aliphatic carbocycles. The maximum atomic E-state index is 6.09. The first-order valence-corrected chi connectivity index (χ1v) is 8.13. The van der Waals surface area contributed by atoms with Crippen LogP contribution in [0.15, 0.2) is 29.3 Å². The highest BCUT2D eigenvalue weighted by atomic mass is 16.5. The molecule has 1 aromatic heterocycles. The van der Waals surface area contributed by atoms with Gasteiger partial charge < -0.3 is 15.4 Å². The summed E-state index contributed by atoms with van der Waals surface area (Å²) in [5.41, 5.74) is 5.79. The van der Waals surface area contributed by atoms with Gasteiger partial charge in [-0.05, 0) is 13.0 Å². The average molecular weight is 317 g/mol. The van der Waals surface area contributed by atoms with E-state index in [4.69, 9.17) is 10.5 Å². The van der Waals surface area contributed by atoms with Crippen molar-refractivity contribution in [1.29, 1.82) is 0 Å². The maximum Gasteiger partial charge on any atom is 0.129 e. The molecule has 0 aromatic carbocycles. The fourth-order valence-electron chi connectivity index (χ4n) is 3.52. The lowest BCUT2D eigenvalue weighted by Gasteiger charge is -2.48. The Hall–Kier alpha value is -1.93. The van der Waals surface area contributed by atoms with Crippen molar-refractivity contribution in [3.8, 4) is 0 Å². The van der Waals surface area contributed by atoms with Crippen molar-refractivity contribution in [2.45, 2.75) is 24.9 Å². The minimum Gasteiger partial charge on any atom is -0.387 e. The first-order chi connectivity index (χ1) is 11.1. The van der Waals surface area contributed by atoms with Gasteiger partial charge in [0, 0.05) is 44.8 Å². The van der Waals surface area contributed by atoms with E-state index in [1.807, 2.05) is 10.9 Å². The van der Waals surface area contributed by atoms with Gasteiger partial charge in [0.2, 0.25) is 0 Å². The lowest BCUT2D eigenvalue weighted by Crippen LogP contribution is -2.61. The minimum absolute atomic E-state index is 0.304. The molecule has 124 valence electrons. The number of aromatic nitrogens is 3. The van der Waals surface area contributed by atoms with Gasteiger partial charge in [-0.3, -0.25) is 4.90 Å². The zero-order chi connectivity index (χ0) is 15.9. The van der Waals surface area contributed by atoms with Crippen molar-refractivity contribution in [2.75, 3.05) is 39.4 Å². The Labute approximate surface area is 135 Å². The van der Waals surface area contributed by atoms with Crippen LogP contribution in [0.2, 0.25) is 0 Å². The summed E-state index contributed by atoms with van der Waals surface area (Å²) in [4.78, 5) is 9.37. The van der Waals surface area contributed by atoms with Crippen LogP contribution in [0.25, 0.3) is 0 Å². The molecule has 0 bridgehead atoms. The second kappa shape index (κ2) is 5.61. The summed E-state index contributed by atoms with van der Waals surface area (Å²) >= 11 is 0. The smallest absolute Gasteiger partial charge is 0.129 e. The Morgan fingerprint density at radius 2 is 2.09 bits per heavy atom. The number of hydrogen-bond donors (Lipinski definition) is 1. The first kappa shape index (κ1) is 14.6. The van der Waals surface area contributed by atoms with E-state index in [-0.39, 0.29) is 5.54 Å². The average Bonchev–Trinajstić information content (AvgIpc) is 3.01. The molecule has 0 amide bonds. The summed E-state index contributed by atoms with van der Waals surface area (Å²) in [6.45, 7) is 7.84. The van der Waals surface area contributed by atoms with E-state index < -0.39 is 0 Å². The Bertz CT molecular complexity index is 614. The van der Waals surface area contributed by atoms with Crippen LogP contribution < -0.4 is 5.73 Å². The summed E-state index contributed by atoms with van der Waals surface area (Å²) in [7, 11) is 0. The van der Waals surface area contributed by atoms with Gasteiger partial charge in [0.1, 0.15) is 11.7 Å². The predicted octanol–water partition coefficient (Wildman–Crippen LogP) is -0.388. The number of hydrogen-bond acceptors (Lipinski definition) is 7. The quantitative estimate of drug-likeness (QED) is 0.817. The van der Waals surface area contributed by atoms with Gasteiger partial charge in [-0.25, -0.2) is 9.67 Å². The van der Waals surface area contributed by atoms with Gasteiger partial charge in [-0.1, -0.05) is 5.21 Å². The molecule has 4 heterocycles. The number of aliphatic imine (C=N–C) groups is 1. The fraction of sp³-hybridized carbons (Fsp3) is 0.667. The number of amidine groups is 1. The van der Waals surface area contributed by atoms with Crippen LogP contribution in [-0.2, 0) is 10.3 Å². The van der Waals surface area contributed by atoms with Gasteiger partial charge in [0.15, 0.2) is 0 Å². The number of morpholine rings is 1. The largest absolute Gasteiger partial charge is 0.387 e. The van der Waals surface area contributed by atoms with Gasteiger partial charge >= 0.3 is 0 Å². The highest BCUT2D eigenvalue weighted by molar-refractivity contribution is 5.83. The van der Waals surface area contributed by atoms with E-state index in [2.05, 4.69) is 38.1 Å². The highest BCUT2D eigenvalue weighted by Crippen LogP contribution is 2.31. The van der Waals surface area contributed by atoms with Crippen LogP contribution in [0, 0.1) is 0 Å². The molecule has 8 heteroatoms. The van der Waals surface area contributed by atoms with E-state index >= 15 is 0 Å². The van der Waals surface area contributed by atoms with E-state index in [0.29, 0.717) is 18.3 Å². The number of nitrogens with two attached hydrogens (primary N) is 1. The van der Waals surface area contributed by atoms with Crippen LogP contribution >= 0.6 is 0 Å². The molecule has 3 aliphatic heterocycles. The summed E-state index contributed by atoms with van der Waals surface area (Å²) in [5.74, 6) is 1.60. The summed E-state index contributed by atoms with van der Waals surface area (Å²) in [6.07, 6.45) is 6.38. The number of rotatable bonds is 3. The number of ether oxygens (including phenoxy) is 1. The van der Waals surface area contributed by atoms with E-state index in [0.717, 1.165) is 45.2 Å². The molecule has 4 rings (SSSR count). The summed E-state index contributed by atoms with van der Waals surface area (Å²) < 4.78 is 7.28. The van der Waals surface area contributed by atoms with Gasteiger partial charge in [0.25, 0.3) is 0 Å². The van der Waals surface area contributed by atoms with Crippen molar-refractivity contribution in [1.82, 2.24) is 24.8 Å². The Balaban J connectivity index is 1.47. The van der Waals surface area contributed by atoms with Gasteiger partial charge in [-0.15, -0.1) is 5.10 Å². The van der Waals surface area contributed by atoms with Crippen LogP contribution in [0.5, 0.6) is 0 Å². The molecule has 23 heavy (non-hydrogen) atoms. The molecule has 8 nitrogen and oxygen atoms in total. The van der Waals surface area contributed by atoms with Crippen LogP contribution in [-0.4, -0.2) is 76.1 Å². The second-order valence-corrected chi connectivity index (χ2v) is 6.69. The molecule has 0 spiro atoms. The van der Waals surface area contributed by atoms with Crippen molar-refractivity contribution in [2.24, 2.45) is 10.7 Å². The molecule has 0 saturated carbocycles. The van der Waals surface area contributed by atoms with Crippen LogP contribution in [0.3, 0.4) is 0 Å². The zero-order valence-corrected chi connectivity index (χ0v) is 13.4. The van der Waals surface area contributed by atoms with E-state index in [1.165, 1.54) is 0 Å². The van der Waals surface area contributed by atoms with Crippen LogP contribution in [0.1, 0.15) is 13.3 Å². The monoisotopic (exact) mass is 317 g/mol. The molecular formula is C15H23N7O. The van der Waals surface area contributed by atoms with E-state index in [9.17, 15) is 0 Å². The predicted molar refractivity (Wildman–Crippen MR) is 85.7 cm³/mol. The molecule has 2 saturated heterocycles. The van der Waals surface area contributed by atoms with Crippen molar-refractivity contribution in [3.63, 3.8) is 0 Å². The summed E-state index contributed by atoms with van der Waals surface area (Å²) in [6, 6.07) is 0.593. The lowest BCUT2D eigenvalue weighted by atomic mass is 9.93. The molecule has 3 aliphatic rings. The fourth-order valence-corrected chi connectivity index (χ4v) is 3.52. The highest BCUT2D eigenvalue weighted by Gasteiger charge is 2.37. The molecule has 2 fully saturated rings. The third-order valence-corrected chi connectivity index (χ3v) is 4.93. The summed E-state index contributed by atoms with van der Waals surface area (Å²) in [5, 5.41) is 8.06. The van der Waals surface area contributed by atoms with Crippen molar-refractivity contribution >= 4 is 5.84 Å². The Kier molecular flexibility index (Phi) is 3.57. The molecule has 1 aromatic rings. The van der Waals surface area contributed by atoms with Crippen LogP contribution in [0.4, 0.5) is 0 Å². The molecular weight excluding hydrogens is 294 g/mol. The first-order valence-electron chi connectivity index (χ1n) is 8.13. The lowest BCUT2D eigenvalue weighted by molar-refractivity contribution is -0.0232. The molecule has 2 N–H and O–H groups in total. The van der Waals surface area contributed by atoms with Gasteiger partial charge in [-0.2, -0.15) is 0 Å². The van der Waals surface area contributed by atoms with Crippen molar-refractivity contribution in [3.05, 3.63) is 24.3 Å². The third-order valence-electron chi connectivity index (χ3n) is 4.93. The number of likely N-dealkylation sites (tertiary alicyclic amines) is 1. The number of nitrogens with zero attached hydrogens (tertiary/aromatic N) is 6. The Morgan fingerprint density at radius 1 is 1.30 bits per heavy atom. The van der Waals surface area contributed by atoms with Gasteiger partial charge in [0.05, 0.1) is 24.9 Å². The standard InChI is InChI=1S/C15H23N7O/c1-15(22-3-2-17-19-22)8-13(16)18-14(9-15)21-10-12(11-21)20-4-6-23-7-5-20/h2-3,9,12H,4-8,10-11H2,1H3,(H2,16,18). The zero-order valence-electron chi connectivity index (χ0n) is 13.4. The Morgan fingerprint density at radius 3 is 2.78 bits per heavy atom. The SMILES string of the molecule is CC1(n2ccnn2)C=C(N2CC(N3CCOCC3)C2)N=C(N)C1. The minimum atomic E-state index is -0.304. The third kappa shape index (κ3) is 2.72. The number of allylic oxidation sites excluding steroid dienone is 1. The maximum absolute atomic E-state index is 6.09. The normalized spacial score (nSPS) is 29.9. The molecule has 1 unspecified atom stereocenters. The van der Waals surface area contributed by atoms with E-state index in [1.54, 1.807) is 6.20 Å².